The molecule has 0 saturated carbocycles. The molecule has 1 aliphatic rings. The predicted octanol–water partition coefficient (Wildman–Crippen LogP) is 3.02. The van der Waals surface area contributed by atoms with Gasteiger partial charge in [0.1, 0.15) is 0 Å². The highest BCUT2D eigenvalue weighted by Crippen LogP contribution is 2.31. The van der Waals surface area contributed by atoms with E-state index >= 15 is 0 Å². The molecule has 1 heterocycles. The first-order valence-corrected chi connectivity index (χ1v) is 5.66. The molecule has 1 aromatic rings. The largest absolute Gasteiger partial charge is 0.269 e. The van der Waals surface area contributed by atoms with Crippen LogP contribution < -0.4 is 0 Å². The zero-order valence-electron chi connectivity index (χ0n) is 7.73. The van der Waals surface area contributed by atoms with Crippen LogP contribution in [0.3, 0.4) is 0 Å². The molecule has 1 aliphatic heterocycles. The third-order valence-corrected chi connectivity index (χ3v) is 3.55. The van der Waals surface area contributed by atoms with Crippen molar-refractivity contribution in [2.75, 3.05) is 5.75 Å². The number of hydrogen-bond donors (Lipinski definition) is 0. The van der Waals surface area contributed by atoms with Crippen LogP contribution in [0.4, 0.5) is 5.69 Å². The summed E-state index contributed by atoms with van der Waals surface area (Å²) in [7, 11) is 0. The summed E-state index contributed by atoms with van der Waals surface area (Å²) >= 11 is 1.81. The summed E-state index contributed by atoms with van der Waals surface area (Å²) in [5.41, 5.74) is 1.35. The Hall–Kier alpha value is -1.03. The average molecular weight is 209 g/mol. The van der Waals surface area contributed by atoms with Crippen LogP contribution in [0.2, 0.25) is 0 Å². The summed E-state index contributed by atoms with van der Waals surface area (Å²) in [6.07, 6.45) is 3.32. The summed E-state index contributed by atoms with van der Waals surface area (Å²) in [6.45, 7) is 0. The molecule has 0 fully saturated rings. The molecule has 0 aromatic heterocycles. The second kappa shape index (κ2) is 4.00. The van der Waals surface area contributed by atoms with Crippen molar-refractivity contribution in [2.45, 2.75) is 24.2 Å². The third kappa shape index (κ3) is 1.90. The molecule has 0 amide bonds. The van der Waals surface area contributed by atoms with Crippen LogP contribution >= 0.6 is 11.8 Å². The van der Waals surface area contributed by atoms with Gasteiger partial charge in [-0.3, -0.25) is 10.1 Å². The molecule has 0 bridgehead atoms. The fraction of sp³-hybridized carbons (Fsp3) is 0.400. The molecule has 14 heavy (non-hydrogen) atoms. The normalized spacial score (nSPS) is 15.7. The van der Waals surface area contributed by atoms with E-state index in [1.54, 1.807) is 12.1 Å². The van der Waals surface area contributed by atoms with Crippen LogP contribution in [0, 0.1) is 10.1 Å². The van der Waals surface area contributed by atoms with Crippen LogP contribution in [0.1, 0.15) is 18.4 Å². The zero-order chi connectivity index (χ0) is 9.97. The topological polar surface area (TPSA) is 43.1 Å². The molecule has 3 nitrogen and oxygen atoms in total. The molecule has 4 heteroatoms. The molecule has 0 atom stereocenters. The van der Waals surface area contributed by atoms with E-state index in [9.17, 15) is 10.1 Å². The van der Waals surface area contributed by atoms with Gasteiger partial charge in [-0.15, -0.1) is 11.8 Å². The minimum absolute atomic E-state index is 0.214. The Balaban J connectivity index is 2.37. The molecule has 0 radical (unpaired) electrons. The van der Waals surface area contributed by atoms with E-state index in [2.05, 4.69) is 0 Å². The van der Waals surface area contributed by atoms with Crippen molar-refractivity contribution in [3.05, 3.63) is 33.9 Å². The van der Waals surface area contributed by atoms with Gasteiger partial charge in [0.2, 0.25) is 0 Å². The highest BCUT2D eigenvalue weighted by atomic mass is 32.2. The van der Waals surface area contributed by atoms with Gasteiger partial charge in [-0.05, 0) is 36.6 Å². The van der Waals surface area contributed by atoms with Crippen LogP contribution in [-0.4, -0.2) is 10.7 Å². The van der Waals surface area contributed by atoms with Gasteiger partial charge in [0.15, 0.2) is 0 Å². The number of fused-ring (bicyclic) bond motifs is 1. The Kier molecular flexibility index (Phi) is 2.72. The summed E-state index contributed by atoms with van der Waals surface area (Å²) < 4.78 is 0. The predicted molar refractivity (Wildman–Crippen MR) is 56.8 cm³/mol. The highest BCUT2D eigenvalue weighted by Gasteiger charge is 2.12. The maximum Gasteiger partial charge on any atom is 0.269 e. The molecule has 0 unspecified atom stereocenters. The molecule has 74 valence electrons. The van der Waals surface area contributed by atoms with Crippen molar-refractivity contribution in [1.29, 1.82) is 0 Å². The Bertz CT molecular complexity index is 365. The molecule has 2 rings (SSSR count). The molecular weight excluding hydrogens is 198 g/mol. The lowest BCUT2D eigenvalue weighted by molar-refractivity contribution is -0.385. The first-order valence-electron chi connectivity index (χ1n) is 4.67. The van der Waals surface area contributed by atoms with E-state index in [4.69, 9.17) is 0 Å². The first-order chi connectivity index (χ1) is 6.77. The monoisotopic (exact) mass is 209 g/mol. The molecule has 0 saturated heterocycles. The SMILES string of the molecule is O=[N+]([O-])c1ccc2c(c1)CCCCS2. The lowest BCUT2D eigenvalue weighted by atomic mass is 10.1. The fourth-order valence-corrected chi connectivity index (χ4v) is 2.69. The maximum absolute atomic E-state index is 10.6. The minimum atomic E-state index is -0.324. The third-order valence-electron chi connectivity index (χ3n) is 2.35. The lowest BCUT2D eigenvalue weighted by Crippen LogP contribution is -1.91. The Morgan fingerprint density at radius 1 is 1.36 bits per heavy atom. The number of hydrogen-bond acceptors (Lipinski definition) is 3. The van der Waals surface area contributed by atoms with Gasteiger partial charge >= 0.3 is 0 Å². The number of nitro groups is 1. The minimum Gasteiger partial charge on any atom is -0.258 e. The number of rotatable bonds is 1. The first kappa shape index (κ1) is 9.52. The number of aryl methyl sites for hydroxylation is 1. The van der Waals surface area contributed by atoms with Crippen LogP contribution in [0.5, 0.6) is 0 Å². The van der Waals surface area contributed by atoms with E-state index in [0.717, 1.165) is 24.2 Å². The van der Waals surface area contributed by atoms with E-state index in [1.807, 2.05) is 17.8 Å². The number of benzene rings is 1. The van der Waals surface area contributed by atoms with Gasteiger partial charge in [-0.1, -0.05) is 0 Å². The summed E-state index contributed by atoms with van der Waals surface area (Å²) in [4.78, 5) is 11.5. The fourth-order valence-electron chi connectivity index (χ4n) is 1.62. The number of thioether (sulfide) groups is 1. The van der Waals surface area contributed by atoms with Crippen molar-refractivity contribution < 1.29 is 4.92 Å². The number of nitro benzene ring substituents is 1. The number of nitrogens with zero attached hydrogens (tertiary/aromatic N) is 1. The molecule has 0 N–H and O–H groups in total. The van der Waals surface area contributed by atoms with E-state index < -0.39 is 0 Å². The average Bonchev–Trinajstić information content (AvgIpc) is 2.41. The standard InChI is InChI=1S/C10H11NO2S/c12-11(13)9-4-5-10-8(7-9)3-1-2-6-14-10/h4-5,7H,1-3,6H2. The maximum atomic E-state index is 10.6. The van der Waals surface area contributed by atoms with Gasteiger partial charge < -0.3 is 0 Å². The Morgan fingerprint density at radius 3 is 3.00 bits per heavy atom. The van der Waals surface area contributed by atoms with E-state index in [1.165, 1.54) is 11.3 Å². The van der Waals surface area contributed by atoms with Crippen molar-refractivity contribution in [2.24, 2.45) is 0 Å². The van der Waals surface area contributed by atoms with Gasteiger partial charge in [-0.25, -0.2) is 0 Å². The smallest absolute Gasteiger partial charge is 0.258 e. The van der Waals surface area contributed by atoms with E-state index in [0.29, 0.717) is 0 Å². The molecule has 1 aromatic carbocycles. The molecule has 0 aliphatic carbocycles. The lowest BCUT2D eigenvalue weighted by Gasteiger charge is -2.03. The van der Waals surface area contributed by atoms with Crippen molar-refractivity contribution >= 4 is 17.4 Å². The van der Waals surface area contributed by atoms with Crippen LogP contribution in [0.25, 0.3) is 0 Å². The van der Waals surface area contributed by atoms with Crippen LogP contribution in [-0.2, 0) is 6.42 Å². The Morgan fingerprint density at radius 2 is 2.21 bits per heavy atom. The van der Waals surface area contributed by atoms with E-state index in [-0.39, 0.29) is 10.6 Å². The van der Waals surface area contributed by atoms with Gasteiger partial charge in [0, 0.05) is 17.0 Å². The molecule has 0 spiro atoms. The summed E-state index contributed by atoms with van der Waals surface area (Å²) in [5.74, 6) is 1.13. The van der Waals surface area contributed by atoms with Gasteiger partial charge in [0.25, 0.3) is 5.69 Å². The van der Waals surface area contributed by atoms with Crippen LogP contribution in [0.15, 0.2) is 23.1 Å². The Labute approximate surface area is 86.7 Å². The van der Waals surface area contributed by atoms with Crippen molar-refractivity contribution in [3.63, 3.8) is 0 Å². The summed E-state index contributed by atoms with van der Waals surface area (Å²) in [6, 6.07) is 5.19. The highest BCUT2D eigenvalue weighted by molar-refractivity contribution is 7.99. The quantitative estimate of drug-likeness (QED) is 0.527. The zero-order valence-corrected chi connectivity index (χ0v) is 8.55. The summed E-state index contributed by atoms with van der Waals surface area (Å²) in [5, 5.41) is 10.6. The van der Waals surface area contributed by atoms with Crippen molar-refractivity contribution in [3.8, 4) is 0 Å². The second-order valence-electron chi connectivity index (χ2n) is 3.35. The number of non-ortho nitro benzene ring substituents is 1. The van der Waals surface area contributed by atoms with Crippen molar-refractivity contribution in [1.82, 2.24) is 0 Å². The van der Waals surface area contributed by atoms with Gasteiger partial charge in [0.05, 0.1) is 4.92 Å². The van der Waals surface area contributed by atoms with Gasteiger partial charge in [-0.2, -0.15) is 0 Å². The second-order valence-corrected chi connectivity index (χ2v) is 4.49. The molecular formula is C10H11NO2S.